The van der Waals surface area contributed by atoms with Gasteiger partial charge in [-0.2, -0.15) is 0 Å². The van der Waals surface area contributed by atoms with Gasteiger partial charge in [0.1, 0.15) is 0 Å². The van der Waals surface area contributed by atoms with Gasteiger partial charge in [-0.1, -0.05) is 170 Å². The molecule has 0 N–H and O–H groups in total. The lowest BCUT2D eigenvalue weighted by molar-refractivity contribution is 0.590. The fourth-order valence-corrected chi connectivity index (χ4v) is 11.2. The highest BCUT2D eigenvalue weighted by Gasteiger charge is 2.44. The summed E-state index contributed by atoms with van der Waals surface area (Å²) in [7, 11) is 0. The summed E-state index contributed by atoms with van der Waals surface area (Å²) >= 11 is 0. The average Bonchev–Trinajstić information content (AvgIpc) is 3.51. The molecule has 0 fully saturated rings. The maximum atomic E-state index is 2.58. The van der Waals surface area contributed by atoms with E-state index in [0.717, 1.165) is 12.8 Å². The van der Waals surface area contributed by atoms with Crippen molar-refractivity contribution in [2.24, 2.45) is 0 Å². The monoisotopic (exact) mass is 816 g/mol. The van der Waals surface area contributed by atoms with Gasteiger partial charge >= 0.3 is 0 Å². The standard InChI is InChI=1S/C60H57BN2/c1-38-34-54-57-55(35-38)63(45-30-24-41(25-31-45)46-19-15-21-49-56(46)47-18-13-14-20-48(47)60(49,8)9)53-37-43(59(5,6)7)27-33-51(53)61(57)50-32-26-42(58(2,3)4)36-52(50)62(54)44-28-22-40(23-29-44)39-16-11-10-12-17-39/h10-14,16-20,22-37H,15,21H2,1-9H3. The number of anilines is 6. The van der Waals surface area contributed by atoms with Gasteiger partial charge in [0.05, 0.1) is 0 Å². The van der Waals surface area contributed by atoms with E-state index in [-0.39, 0.29) is 23.0 Å². The molecule has 0 unspecified atom stereocenters. The Kier molecular flexibility index (Phi) is 8.84. The van der Waals surface area contributed by atoms with Gasteiger partial charge in [0.25, 0.3) is 6.71 Å². The molecule has 0 saturated carbocycles. The van der Waals surface area contributed by atoms with Crippen molar-refractivity contribution in [1.29, 1.82) is 0 Å². The second kappa shape index (κ2) is 14.1. The van der Waals surface area contributed by atoms with Crippen LogP contribution in [0, 0.1) is 6.92 Å². The minimum atomic E-state index is -0.0123. The van der Waals surface area contributed by atoms with Crippen LogP contribution in [0.5, 0.6) is 0 Å². The van der Waals surface area contributed by atoms with E-state index in [1.54, 1.807) is 5.57 Å². The van der Waals surface area contributed by atoms with E-state index in [0.29, 0.717) is 0 Å². The number of fused-ring (bicyclic) bond motifs is 6. The van der Waals surface area contributed by atoms with E-state index in [2.05, 4.69) is 230 Å². The van der Waals surface area contributed by atoms with Crippen molar-refractivity contribution in [1.82, 2.24) is 0 Å². The van der Waals surface area contributed by atoms with Crippen LogP contribution in [0.4, 0.5) is 34.1 Å². The van der Waals surface area contributed by atoms with Gasteiger partial charge in [0, 0.05) is 39.5 Å². The zero-order valence-corrected chi connectivity index (χ0v) is 38.4. The molecule has 0 atom stereocenters. The van der Waals surface area contributed by atoms with E-state index in [1.807, 2.05) is 0 Å². The molecule has 11 rings (SSSR count). The molecular formula is C60H57BN2. The van der Waals surface area contributed by atoms with E-state index in [1.165, 1.54) is 106 Å². The van der Waals surface area contributed by atoms with Crippen LogP contribution in [0.2, 0.25) is 0 Å². The van der Waals surface area contributed by atoms with Gasteiger partial charge in [-0.3, -0.25) is 0 Å². The highest BCUT2D eigenvalue weighted by atomic mass is 15.2. The highest BCUT2D eigenvalue weighted by Crippen LogP contribution is 2.55. The molecule has 2 aliphatic carbocycles. The van der Waals surface area contributed by atoms with Crippen LogP contribution in [-0.4, -0.2) is 6.71 Å². The minimum absolute atomic E-state index is 0.00587. The summed E-state index contributed by atoms with van der Waals surface area (Å²) in [6, 6.07) is 58.0. The molecule has 0 aromatic heterocycles. The molecule has 7 aromatic rings. The molecule has 310 valence electrons. The first-order chi connectivity index (χ1) is 30.2. The first-order valence-corrected chi connectivity index (χ1v) is 23.0. The zero-order valence-electron chi connectivity index (χ0n) is 38.4. The SMILES string of the molecule is Cc1cc2c3c(c1)N(c1ccc(-c4ccccc4)cc1)c1cc(C(C)(C)C)ccc1B3c1ccc(C(C)(C)C)cc1N2c1ccc(C2=CCCC3=C2c2ccccc2C3(C)C)cc1. The van der Waals surface area contributed by atoms with Gasteiger partial charge in [-0.25, -0.2) is 0 Å². The third-order valence-electron chi connectivity index (χ3n) is 14.6. The maximum absolute atomic E-state index is 2.58. The fraction of sp³-hybridized carbons (Fsp3) is 0.233. The molecule has 2 aliphatic heterocycles. The van der Waals surface area contributed by atoms with Crippen LogP contribution in [0.1, 0.15) is 102 Å². The van der Waals surface area contributed by atoms with E-state index in [4.69, 9.17) is 0 Å². The van der Waals surface area contributed by atoms with Crippen molar-refractivity contribution in [3.05, 3.63) is 197 Å². The first kappa shape index (κ1) is 39.5. The summed E-state index contributed by atoms with van der Waals surface area (Å²) in [6.07, 6.45) is 4.68. The Morgan fingerprint density at radius 2 is 1.03 bits per heavy atom. The summed E-state index contributed by atoms with van der Waals surface area (Å²) in [6.45, 7) is 21.2. The average molecular weight is 817 g/mol. The molecule has 2 nitrogen and oxygen atoms in total. The quantitative estimate of drug-likeness (QED) is 0.163. The van der Waals surface area contributed by atoms with Gasteiger partial charge < -0.3 is 9.80 Å². The Labute approximate surface area is 375 Å². The fourth-order valence-electron chi connectivity index (χ4n) is 11.2. The second-order valence-electron chi connectivity index (χ2n) is 21.0. The lowest BCUT2D eigenvalue weighted by atomic mass is 9.33. The lowest BCUT2D eigenvalue weighted by Crippen LogP contribution is -2.61. The van der Waals surface area contributed by atoms with E-state index < -0.39 is 0 Å². The first-order valence-electron chi connectivity index (χ1n) is 23.0. The summed E-state index contributed by atoms with van der Waals surface area (Å²) in [5.74, 6) is 0. The smallest absolute Gasteiger partial charge is 0.252 e. The number of rotatable bonds is 4. The summed E-state index contributed by atoms with van der Waals surface area (Å²) < 4.78 is 0. The van der Waals surface area contributed by atoms with Gasteiger partial charge in [0.15, 0.2) is 0 Å². The van der Waals surface area contributed by atoms with Crippen LogP contribution < -0.4 is 26.2 Å². The summed E-state index contributed by atoms with van der Waals surface area (Å²) in [5.41, 5.74) is 26.4. The van der Waals surface area contributed by atoms with Crippen LogP contribution in [-0.2, 0) is 16.2 Å². The molecular weight excluding hydrogens is 759 g/mol. The number of hydrogen-bond acceptors (Lipinski definition) is 2. The largest absolute Gasteiger partial charge is 0.311 e. The molecule has 0 saturated heterocycles. The number of aryl methyl sites for hydroxylation is 1. The molecule has 0 amide bonds. The van der Waals surface area contributed by atoms with Gasteiger partial charge in [0.2, 0.25) is 0 Å². The topological polar surface area (TPSA) is 6.48 Å². The van der Waals surface area contributed by atoms with E-state index in [9.17, 15) is 0 Å². The maximum Gasteiger partial charge on any atom is 0.252 e. The van der Waals surface area contributed by atoms with Crippen molar-refractivity contribution in [2.45, 2.75) is 91.4 Å². The Balaban J connectivity index is 1.11. The molecule has 4 aliphatic rings. The minimum Gasteiger partial charge on any atom is -0.311 e. The second-order valence-corrected chi connectivity index (χ2v) is 21.0. The van der Waals surface area contributed by atoms with Gasteiger partial charge in [-0.15, -0.1) is 0 Å². The molecule has 63 heavy (non-hydrogen) atoms. The predicted octanol–water partition coefficient (Wildman–Crippen LogP) is 14.3. The van der Waals surface area contributed by atoms with Crippen LogP contribution in [0.15, 0.2) is 163 Å². The van der Waals surface area contributed by atoms with Gasteiger partial charge in [-0.05, 0) is 151 Å². The highest BCUT2D eigenvalue weighted by molar-refractivity contribution is 7.00. The number of benzene rings is 7. The van der Waals surface area contributed by atoms with Crippen molar-refractivity contribution in [3.63, 3.8) is 0 Å². The van der Waals surface area contributed by atoms with E-state index >= 15 is 0 Å². The van der Waals surface area contributed by atoms with Crippen molar-refractivity contribution in [2.75, 3.05) is 9.80 Å². The molecule has 0 bridgehead atoms. The predicted molar refractivity (Wildman–Crippen MR) is 272 cm³/mol. The molecule has 2 heterocycles. The van der Waals surface area contributed by atoms with Crippen LogP contribution >= 0.6 is 0 Å². The Morgan fingerprint density at radius 1 is 0.524 bits per heavy atom. The summed E-state index contributed by atoms with van der Waals surface area (Å²) in [4.78, 5) is 5.13. The summed E-state index contributed by atoms with van der Waals surface area (Å²) in [5, 5.41) is 0. The molecule has 3 heteroatoms. The Bertz CT molecular complexity index is 3040. The number of allylic oxidation sites excluding steroid dienone is 4. The third-order valence-corrected chi connectivity index (χ3v) is 14.6. The molecule has 0 spiro atoms. The zero-order chi connectivity index (χ0) is 43.6. The number of nitrogens with zero attached hydrogens (tertiary/aromatic N) is 2. The van der Waals surface area contributed by atoms with Crippen molar-refractivity contribution in [3.8, 4) is 11.1 Å². The van der Waals surface area contributed by atoms with Crippen molar-refractivity contribution >= 4 is 68.4 Å². The van der Waals surface area contributed by atoms with Crippen LogP contribution in [0.25, 0.3) is 22.3 Å². The van der Waals surface area contributed by atoms with Crippen molar-refractivity contribution < 1.29 is 0 Å². The normalized spacial score (nSPS) is 16.0. The number of hydrogen-bond donors (Lipinski definition) is 0. The van der Waals surface area contributed by atoms with Crippen LogP contribution in [0.3, 0.4) is 0 Å². The molecule has 0 radical (unpaired) electrons. The lowest BCUT2D eigenvalue weighted by Gasteiger charge is -2.45. The third kappa shape index (κ3) is 6.22. The Morgan fingerprint density at radius 3 is 1.59 bits per heavy atom. The molecule has 7 aromatic carbocycles. The Hall–Kier alpha value is -6.32.